The molecule has 2 atom stereocenters. The second-order valence-electron chi connectivity index (χ2n) is 7.27. The molecule has 2 aromatic carbocycles. The molecular weight excluding hydrogens is 364 g/mol. The minimum absolute atomic E-state index is 0.0573. The van der Waals surface area contributed by atoms with Crippen LogP contribution in [0.5, 0.6) is 5.75 Å². The Labute approximate surface area is 174 Å². The summed E-state index contributed by atoms with van der Waals surface area (Å²) in [5.74, 6) is 0.604. The highest BCUT2D eigenvalue weighted by Crippen LogP contribution is 2.17. The molecular formula is C24H32N2O3. The summed E-state index contributed by atoms with van der Waals surface area (Å²) in [4.78, 5) is 27.8. The van der Waals surface area contributed by atoms with Gasteiger partial charge in [0, 0.05) is 12.6 Å². The van der Waals surface area contributed by atoms with Gasteiger partial charge in [0.15, 0.2) is 0 Å². The first-order valence-electron chi connectivity index (χ1n) is 10.2. The van der Waals surface area contributed by atoms with Crippen LogP contribution in [-0.2, 0) is 22.6 Å². The van der Waals surface area contributed by atoms with Crippen LogP contribution in [-0.4, -0.2) is 35.9 Å². The van der Waals surface area contributed by atoms with E-state index in [1.165, 1.54) is 0 Å². The predicted octanol–water partition coefficient (Wildman–Crippen LogP) is 3.96. The van der Waals surface area contributed by atoms with E-state index < -0.39 is 6.04 Å². The Morgan fingerprint density at radius 3 is 2.17 bits per heavy atom. The van der Waals surface area contributed by atoms with Gasteiger partial charge in [0.25, 0.3) is 0 Å². The van der Waals surface area contributed by atoms with E-state index in [4.69, 9.17) is 4.74 Å². The van der Waals surface area contributed by atoms with E-state index in [0.717, 1.165) is 23.3 Å². The molecule has 5 heteroatoms. The minimum atomic E-state index is -0.512. The number of carbonyl (C=O) groups excluding carboxylic acids is 2. The second kappa shape index (κ2) is 11.2. The number of amides is 2. The highest BCUT2D eigenvalue weighted by molar-refractivity contribution is 5.88. The van der Waals surface area contributed by atoms with Crippen LogP contribution in [0.25, 0.3) is 0 Å². The summed E-state index contributed by atoms with van der Waals surface area (Å²) < 4.78 is 5.22. The Morgan fingerprint density at radius 1 is 0.966 bits per heavy atom. The van der Waals surface area contributed by atoms with Crippen molar-refractivity contribution in [3.8, 4) is 5.75 Å². The number of hydrogen-bond acceptors (Lipinski definition) is 3. The third kappa shape index (κ3) is 6.63. The van der Waals surface area contributed by atoms with E-state index >= 15 is 0 Å². The molecule has 0 saturated carbocycles. The molecule has 0 fully saturated rings. The molecule has 1 N–H and O–H groups in total. The van der Waals surface area contributed by atoms with Gasteiger partial charge in [-0.2, -0.15) is 0 Å². The van der Waals surface area contributed by atoms with Crippen molar-refractivity contribution in [1.82, 2.24) is 10.2 Å². The van der Waals surface area contributed by atoms with Gasteiger partial charge >= 0.3 is 0 Å². The lowest BCUT2D eigenvalue weighted by molar-refractivity contribution is -0.141. The normalized spacial score (nSPS) is 12.7. The van der Waals surface area contributed by atoms with Crippen LogP contribution in [0.15, 0.2) is 54.6 Å². The van der Waals surface area contributed by atoms with E-state index in [0.29, 0.717) is 13.0 Å². The number of benzene rings is 2. The first-order chi connectivity index (χ1) is 14.0. The van der Waals surface area contributed by atoms with Crippen molar-refractivity contribution in [1.29, 1.82) is 0 Å². The van der Waals surface area contributed by atoms with Crippen LogP contribution in [0.4, 0.5) is 0 Å². The van der Waals surface area contributed by atoms with Gasteiger partial charge < -0.3 is 15.0 Å². The summed E-state index contributed by atoms with van der Waals surface area (Å²) in [6.07, 6.45) is 1.67. The molecule has 0 aliphatic rings. The molecule has 0 spiro atoms. The molecule has 0 unspecified atom stereocenters. The van der Waals surface area contributed by atoms with Crippen LogP contribution in [0.1, 0.15) is 44.7 Å². The molecule has 0 saturated heterocycles. The second-order valence-corrected chi connectivity index (χ2v) is 7.27. The minimum Gasteiger partial charge on any atom is -0.497 e. The summed E-state index contributed by atoms with van der Waals surface area (Å²) in [6, 6.07) is 16.8. The Balaban J connectivity index is 2.26. The SMILES string of the molecule is CC[C@@H](C)NC(=O)[C@@H](CC)N(Cc1ccc(OC)cc1)C(=O)Cc1ccccc1. The fourth-order valence-corrected chi connectivity index (χ4v) is 3.16. The van der Waals surface area contributed by atoms with Crippen molar-refractivity contribution in [3.05, 3.63) is 65.7 Å². The monoisotopic (exact) mass is 396 g/mol. The number of hydrogen-bond donors (Lipinski definition) is 1. The average molecular weight is 397 g/mol. The summed E-state index contributed by atoms with van der Waals surface area (Å²) in [7, 11) is 1.62. The maximum absolute atomic E-state index is 13.2. The van der Waals surface area contributed by atoms with E-state index in [-0.39, 0.29) is 24.3 Å². The zero-order chi connectivity index (χ0) is 21.2. The van der Waals surface area contributed by atoms with Crippen molar-refractivity contribution in [2.75, 3.05) is 7.11 Å². The van der Waals surface area contributed by atoms with Gasteiger partial charge in [-0.3, -0.25) is 9.59 Å². The standard InChI is InChI=1S/C24H32N2O3/c1-5-18(3)25-24(28)22(6-2)26(17-20-12-14-21(29-4)15-13-20)23(27)16-19-10-8-7-9-11-19/h7-15,18,22H,5-6,16-17H2,1-4H3,(H,25,28)/t18-,22-/m1/s1. The lowest BCUT2D eigenvalue weighted by Crippen LogP contribution is -2.51. The van der Waals surface area contributed by atoms with Crippen LogP contribution in [0.3, 0.4) is 0 Å². The summed E-state index contributed by atoms with van der Waals surface area (Å²) in [5.41, 5.74) is 1.90. The molecule has 2 rings (SSSR count). The van der Waals surface area contributed by atoms with Gasteiger partial charge in [-0.15, -0.1) is 0 Å². The van der Waals surface area contributed by atoms with Crippen molar-refractivity contribution in [2.45, 2.75) is 58.7 Å². The summed E-state index contributed by atoms with van der Waals surface area (Å²) in [5, 5.41) is 3.03. The zero-order valence-corrected chi connectivity index (χ0v) is 17.9. The Kier molecular flexibility index (Phi) is 8.71. The zero-order valence-electron chi connectivity index (χ0n) is 17.9. The number of nitrogens with zero attached hydrogens (tertiary/aromatic N) is 1. The van der Waals surface area contributed by atoms with Crippen molar-refractivity contribution < 1.29 is 14.3 Å². The van der Waals surface area contributed by atoms with Gasteiger partial charge in [-0.25, -0.2) is 0 Å². The predicted molar refractivity (Wildman–Crippen MR) is 116 cm³/mol. The first-order valence-corrected chi connectivity index (χ1v) is 10.2. The van der Waals surface area contributed by atoms with Crippen LogP contribution < -0.4 is 10.1 Å². The number of carbonyl (C=O) groups is 2. The Hall–Kier alpha value is -2.82. The van der Waals surface area contributed by atoms with E-state index in [1.54, 1.807) is 12.0 Å². The maximum atomic E-state index is 13.2. The van der Waals surface area contributed by atoms with Gasteiger partial charge in [0.1, 0.15) is 11.8 Å². The number of nitrogens with one attached hydrogen (secondary N) is 1. The van der Waals surface area contributed by atoms with Crippen LogP contribution in [0, 0.1) is 0 Å². The van der Waals surface area contributed by atoms with E-state index in [9.17, 15) is 9.59 Å². The Bertz CT molecular complexity index is 774. The maximum Gasteiger partial charge on any atom is 0.243 e. The first kappa shape index (κ1) is 22.5. The molecule has 0 aliphatic carbocycles. The Morgan fingerprint density at radius 2 is 1.62 bits per heavy atom. The third-order valence-electron chi connectivity index (χ3n) is 5.10. The smallest absolute Gasteiger partial charge is 0.243 e. The van der Waals surface area contributed by atoms with Crippen molar-refractivity contribution in [2.24, 2.45) is 0 Å². The number of rotatable bonds is 10. The largest absolute Gasteiger partial charge is 0.497 e. The van der Waals surface area contributed by atoms with Crippen molar-refractivity contribution in [3.63, 3.8) is 0 Å². The molecule has 0 aromatic heterocycles. The lowest BCUT2D eigenvalue weighted by atomic mass is 10.1. The highest BCUT2D eigenvalue weighted by Gasteiger charge is 2.29. The molecule has 2 amide bonds. The van der Waals surface area contributed by atoms with E-state index in [1.807, 2.05) is 75.4 Å². The van der Waals surface area contributed by atoms with Gasteiger partial charge in [-0.05, 0) is 43.0 Å². The molecule has 0 radical (unpaired) electrons. The fraction of sp³-hybridized carbons (Fsp3) is 0.417. The van der Waals surface area contributed by atoms with Gasteiger partial charge in [0.05, 0.1) is 13.5 Å². The molecule has 5 nitrogen and oxygen atoms in total. The third-order valence-corrected chi connectivity index (χ3v) is 5.10. The lowest BCUT2D eigenvalue weighted by Gasteiger charge is -2.31. The quantitative estimate of drug-likeness (QED) is 0.661. The van der Waals surface area contributed by atoms with Gasteiger partial charge in [-0.1, -0.05) is 56.3 Å². The summed E-state index contributed by atoms with van der Waals surface area (Å²) in [6.45, 7) is 6.32. The number of ether oxygens (including phenoxy) is 1. The highest BCUT2D eigenvalue weighted by atomic mass is 16.5. The molecule has 156 valence electrons. The molecule has 2 aromatic rings. The summed E-state index contributed by atoms with van der Waals surface area (Å²) >= 11 is 0. The topological polar surface area (TPSA) is 58.6 Å². The molecule has 0 bridgehead atoms. The average Bonchev–Trinajstić information content (AvgIpc) is 2.74. The number of methoxy groups -OCH3 is 1. The van der Waals surface area contributed by atoms with Gasteiger partial charge in [0.2, 0.25) is 11.8 Å². The molecule has 0 heterocycles. The van der Waals surface area contributed by atoms with Crippen LogP contribution in [0.2, 0.25) is 0 Å². The van der Waals surface area contributed by atoms with Crippen LogP contribution >= 0.6 is 0 Å². The molecule has 29 heavy (non-hydrogen) atoms. The molecule has 0 aliphatic heterocycles. The van der Waals surface area contributed by atoms with Crippen molar-refractivity contribution >= 4 is 11.8 Å². The van der Waals surface area contributed by atoms with E-state index in [2.05, 4.69) is 5.32 Å². The fourth-order valence-electron chi connectivity index (χ4n) is 3.16.